The first kappa shape index (κ1) is 13.8. The molecule has 5 heteroatoms. The van der Waals surface area contributed by atoms with Crippen LogP contribution < -0.4 is 0 Å². The number of hydrogen-bond acceptors (Lipinski definition) is 1. The summed E-state index contributed by atoms with van der Waals surface area (Å²) in [5.41, 5.74) is -0.0936. The van der Waals surface area contributed by atoms with E-state index < -0.39 is 23.2 Å². The molecule has 1 nitrogen and oxygen atoms in total. The molecule has 0 saturated heterocycles. The van der Waals surface area contributed by atoms with Crippen LogP contribution in [0.1, 0.15) is 15.9 Å². The van der Waals surface area contributed by atoms with Crippen LogP contribution in [0.3, 0.4) is 0 Å². The molecule has 0 radical (unpaired) electrons. The molecule has 2 aromatic rings. The highest BCUT2D eigenvalue weighted by molar-refractivity contribution is 9.10. The summed E-state index contributed by atoms with van der Waals surface area (Å²) in [5.74, 6) is -2.77. The van der Waals surface area contributed by atoms with Crippen molar-refractivity contribution >= 4 is 21.7 Å². The summed E-state index contributed by atoms with van der Waals surface area (Å²) < 4.78 is 40.2. The molecule has 0 unspecified atom stereocenters. The lowest BCUT2D eigenvalue weighted by Crippen LogP contribution is -2.07. The smallest absolute Gasteiger partial charge is 0.170 e. The molecule has 0 aliphatic heterocycles. The second kappa shape index (κ2) is 5.57. The molecular formula is C14H8BrF3O. The van der Waals surface area contributed by atoms with E-state index >= 15 is 0 Å². The Morgan fingerprint density at radius 1 is 1.00 bits per heavy atom. The van der Waals surface area contributed by atoms with Gasteiger partial charge in [-0.25, -0.2) is 13.2 Å². The lowest BCUT2D eigenvalue weighted by atomic mass is 10.0. The van der Waals surface area contributed by atoms with Gasteiger partial charge in [-0.2, -0.15) is 0 Å². The van der Waals surface area contributed by atoms with Crippen LogP contribution in [0.4, 0.5) is 13.2 Å². The Labute approximate surface area is 116 Å². The maximum Gasteiger partial charge on any atom is 0.170 e. The molecule has 0 heterocycles. The summed E-state index contributed by atoms with van der Waals surface area (Å²) in [5, 5.41) is 0. The highest BCUT2D eigenvalue weighted by Gasteiger charge is 2.15. The monoisotopic (exact) mass is 328 g/mol. The van der Waals surface area contributed by atoms with Gasteiger partial charge < -0.3 is 0 Å². The lowest BCUT2D eigenvalue weighted by Gasteiger charge is -2.05. The number of carbonyl (C=O) groups is 1. The SMILES string of the molecule is O=C(Cc1ccc(F)cc1F)c1cc(Br)ccc1F. The molecule has 19 heavy (non-hydrogen) atoms. The van der Waals surface area contributed by atoms with Crippen molar-refractivity contribution in [3.05, 3.63) is 69.4 Å². The van der Waals surface area contributed by atoms with Crippen molar-refractivity contribution in [1.29, 1.82) is 0 Å². The minimum absolute atomic E-state index is 0.0331. The summed E-state index contributed by atoms with van der Waals surface area (Å²) >= 11 is 3.13. The van der Waals surface area contributed by atoms with Crippen LogP contribution in [0, 0.1) is 17.5 Å². The van der Waals surface area contributed by atoms with Gasteiger partial charge in [-0.05, 0) is 29.8 Å². The number of Topliss-reactive ketones (excluding diaryl/α,β-unsaturated/α-hetero) is 1. The third kappa shape index (κ3) is 3.23. The van der Waals surface area contributed by atoms with Gasteiger partial charge in [-0.1, -0.05) is 22.0 Å². The normalized spacial score (nSPS) is 10.5. The maximum absolute atomic E-state index is 13.5. The first-order valence-corrected chi connectivity index (χ1v) is 6.19. The summed E-state index contributed by atoms with van der Waals surface area (Å²) in [6, 6.07) is 6.88. The number of halogens is 4. The van der Waals surface area contributed by atoms with E-state index in [-0.39, 0.29) is 17.5 Å². The highest BCUT2D eigenvalue weighted by atomic mass is 79.9. The third-order valence-electron chi connectivity index (χ3n) is 2.59. The fraction of sp³-hybridized carbons (Fsp3) is 0.0714. The summed E-state index contributed by atoms with van der Waals surface area (Å²) in [6.07, 6.45) is -0.320. The fourth-order valence-corrected chi connectivity index (χ4v) is 2.01. The van der Waals surface area contributed by atoms with Crippen LogP contribution in [0.2, 0.25) is 0 Å². The van der Waals surface area contributed by atoms with Crippen molar-refractivity contribution in [2.24, 2.45) is 0 Å². The molecule has 2 rings (SSSR count). The zero-order valence-corrected chi connectivity index (χ0v) is 11.2. The largest absolute Gasteiger partial charge is 0.294 e. The summed E-state index contributed by atoms with van der Waals surface area (Å²) in [4.78, 5) is 11.9. The van der Waals surface area contributed by atoms with Gasteiger partial charge in [0.1, 0.15) is 17.5 Å². The Morgan fingerprint density at radius 3 is 2.42 bits per heavy atom. The standard InChI is InChI=1S/C14H8BrF3O/c15-9-2-4-12(17)11(6-9)14(19)5-8-1-3-10(16)7-13(8)18/h1-4,6-7H,5H2. The number of benzene rings is 2. The molecule has 0 bridgehead atoms. The van der Waals surface area contributed by atoms with E-state index in [2.05, 4.69) is 15.9 Å². The van der Waals surface area contributed by atoms with Crippen LogP contribution in [-0.2, 0) is 6.42 Å². The molecular weight excluding hydrogens is 321 g/mol. The zero-order valence-electron chi connectivity index (χ0n) is 9.59. The summed E-state index contributed by atoms with van der Waals surface area (Å²) in [6.45, 7) is 0. The Balaban J connectivity index is 2.28. The van der Waals surface area contributed by atoms with Crippen molar-refractivity contribution < 1.29 is 18.0 Å². The van der Waals surface area contributed by atoms with Gasteiger partial charge in [-0.15, -0.1) is 0 Å². The number of hydrogen-bond donors (Lipinski definition) is 0. The van der Waals surface area contributed by atoms with Crippen molar-refractivity contribution in [3.63, 3.8) is 0 Å². The van der Waals surface area contributed by atoms with Gasteiger partial charge in [-0.3, -0.25) is 4.79 Å². The van der Waals surface area contributed by atoms with Crippen LogP contribution in [0.5, 0.6) is 0 Å². The van der Waals surface area contributed by atoms with E-state index in [0.717, 1.165) is 12.1 Å². The second-order valence-electron chi connectivity index (χ2n) is 3.96. The van der Waals surface area contributed by atoms with E-state index in [1.807, 2.05) is 0 Å². The van der Waals surface area contributed by atoms with Gasteiger partial charge in [0, 0.05) is 17.0 Å². The third-order valence-corrected chi connectivity index (χ3v) is 3.09. The molecule has 0 atom stereocenters. The minimum atomic E-state index is -0.816. The average Bonchev–Trinajstić information content (AvgIpc) is 2.35. The van der Waals surface area contributed by atoms with Gasteiger partial charge in [0.2, 0.25) is 0 Å². The van der Waals surface area contributed by atoms with Crippen LogP contribution >= 0.6 is 15.9 Å². The van der Waals surface area contributed by atoms with Crippen molar-refractivity contribution in [2.75, 3.05) is 0 Å². The number of ketones is 1. The number of carbonyl (C=O) groups excluding carboxylic acids is 1. The van der Waals surface area contributed by atoms with Crippen LogP contribution in [-0.4, -0.2) is 5.78 Å². The van der Waals surface area contributed by atoms with Crippen molar-refractivity contribution in [2.45, 2.75) is 6.42 Å². The van der Waals surface area contributed by atoms with E-state index in [9.17, 15) is 18.0 Å². The highest BCUT2D eigenvalue weighted by Crippen LogP contribution is 2.19. The predicted octanol–water partition coefficient (Wildman–Crippen LogP) is 4.29. The van der Waals surface area contributed by atoms with Gasteiger partial charge in [0.05, 0.1) is 5.56 Å². The maximum atomic E-state index is 13.5. The Bertz CT molecular complexity index is 641. The van der Waals surface area contributed by atoms with Crippen LogP contribution in [0.25, 0.3) is 0 Å². The van der Waals surface area contributed by atoms with E-state index in [4.69, 9.17) is 0 Å². The lowest BCUT2D eigenvalue weighted by molar-refractivity contribution is 0.0988. The summed E-state index contributed by atoms with van der Waals surface area (Å²) in [7, 11) is 0. The molecule has 0 aromatic heterocycles. The van der Waals surface area contributed by atoms with E-state index in [0.29, 0.717) is 10.5 Å². The molecule has 0 fully saturated rings. The number of rotatable bonds is 3. The zero-order chi connectivity index (χ0) is 14.0. The van der Waals surface area contributed by atoms with Crippen LogP contribution in [0.15, 0.2) is 40.9 Å². The first-order valence-electron chi connectivity index (χ1n) is 5.39. The molecule has 0 aliphatic rings. The minimum Gasteiger partial charge on any atom is -0.294 e. The molecule has 0 N–H and O–H groups in total. The Hall–Kier alpha value is -1.62. The first-order chi connectivity index (χ1) is 8.97. The van der Waals surface area contributed by atoms with E-state index in [1.54, 1.807) is 0 Å². The fourth-order valence-electron chi connectivity index (χ4n) is 1.64. The molecule has 0 saturated carbocycles. The molecule has 0 aliphatic carbocycles. The Kier molecular flexibility index (Phi) is 4.04. The predicted molar refractivity (Wildman–Crippen MR) is 68.5 cm³/mol. The van der Waals surface area contributed by atoms with Gasteiger partial charge in [0.15, 0.2) is 5.78 Å². The van der Waals surface area contributed by atoms with E-state index in [1.165, 1.54) is 18.2 Å². The molecule has 0 spiro atoms. The van der Waals surface area contributed by atoms with Crippen molar-refractivity contribution in [3.8, 4) is 0 Å². The van der Waals surface area contributed by atoms with Gasteiger partial charge >= 0.3 is 0 Å². The topological polar surface area (TPSA) is 17.1 Å². The second-order valence-corrected chi connectivity index (χ2v) is 4.88. The molecule has 2 aromatic carbocycles. The molecule has 98 valence electrons. The quantitative estimate of drug-likeness (QED) is 0.768. The Morgan fingerprint density at radius 2 is 1.74 bits per heavy atom. The molecule has 0 amide bonds. The van der Waals surface area contributed by atoms with Gasteiger partial charge in [0.25, 0.3) is 0 Å². The average molecular weight is 329 g/mol. The van der Waals surface area contributed by atoms with Crippen molar-refractivity contribution in [1.82, 2.24) is 0 Å².